The molecule has 7 rings (SSSR count). The number of halogens is 1. The number of ether oxygens (including phenoxy) is 1. The van der Waals surface area contributed by atoms with Crippen molar-refractivity contribution in [1.29, 1.82) is 0 Å². The van der Waals surface area contributed by atoms with Crippen molar-refractivity contribution in [3.8, 4) is 0 Å². The van der Waals surface area contributed by atoms with E-state index in [4.69, 9.17) is 16.3 Å². The maximum atomic E-state index is 14.0. The maximum absolute atomic E-state index is 14.0. The average Bonchev–Trinajstić information content (AvgIpc) is 3.14. The van der Waals surface area contributed by atoms with Crippen molar-refractivity contribution in [2.75, 3.05) is 12.0 Å². The molecule has 0 N–H and O–H groups in total. The van der Waals surface area contributed by atoms with Gasteiger partial charge in [0.15, 0.2) is 0 Å². The Morgan fingerprint density at radius 1 is 1.00 bits per heavy atom. The van der Waals surface area contributed by atoms with Gasteiger partial charge in [-0.15, -0.1) is 0 Å². The van der Waals surface area contributed by atoms with Gasteiger partial charge in [-0.3, -0.25) is 19.7 Å². The summed E-state index contributed by atoms with van der Waals surface area (Å²) in [5.74, 6) is -4.66. The Kier molecular flexibility index (Phi) is 4.44. The van der Waals surface area contributed by atoms with E-state index in [1.165, 1.54) is 25.3 Å². The Morgan fingerprint density at radius 2 is 1.60 bits per heavy atom. The van der Waals surface area contributed by atoms with Crippen molar-refractivity contribution < 1.29 is 24.0 Å². The zero-order valence-corrected chi connectivity index (χ0v) is 19.1. The van der Waals surface area contributed by atoms with Crippen LogP contribution < -0.4 is 4.90 Å². The third kappa shape index (κ3) is 2.49. The first-order valence-electron chi connectivity index (χ1n) is 10.9. The summed E-state index contributed by atoms with van der Waals surface area (Å²) < 4.78 is 4.76. The van der Waals surface area contributed by atoms with Gasteiger partial charge in [0.05, 0.1) is 29.3 Å². The maximum Gasteiger partial charge on any atom is 0.339 e. The summed E-state index contributed by atoms with van der Waals surface area (Å²) in [6.07, 6.45) is 0. The Bertz CT molecular complexity index is 1440. The second-order valence-electron chi connectivity index (χ2n) is 8.85. The van der Waals surface area contributed by atoms with Crippen LogP contribution in [0.4, 0.5) is 5.69 Å². The minimum absolute atomic E-state index is 0.0133. The van der Waals surface area contributed by atoms with Crippen molar-refractivity contribution in [2.24, 2.45) is 11.8 Å². The molecule has 0 spiro atoms. The van der Waals surface area contributed by atoms with Gasteiger partial charge in [0.1, 0.15) is 5.92 Å². The molecule has 3 aromatic rings. The Balaban J connectivity index is 1.61. The fourth-order valence-corrected chi connectivity index (χ4v) is 6.41. The molecule has 1 fully saturated rings. The van der Waals surface area contributed by atoms with Crippen molar-refractivity contribution in [2.45, 2.75) is 11.5 Å². The highest BCUT2D eigenvalue weighted by Crippen LogP contribution is 2.64. The average molecular weight is 489 g/mol. The van der Waals surface area contributed by atoms with Crippen molar-refractivity contribution in [3.63, 3.8) is 0 Å². The first kappa shape index (κ1) is 21.5. The molecule has 2 amide bonds. The third-order valence-corrected chi connectivity index (χ3v) is 7.80. The molecule has 0 radical (unpaired) electrons. The number of anilines is 1. The van der Waals surface area contributed by atoms with Gasteiger partial charge in [-0.05, 0) is 29.3 Å². The first-order valence-corrected chi connectivity index (χ1v) is 11.3. The summed E-state index contributed by atoms with van der Waals surface area (Å²) in [4.78, 5) is 53.5. The van der Waals surface area contributed by atoms with E-state index in [0.29, 0.717) is 22.3 Å². The van der Waals surface area contributed by atoms with Crippen molar-refractivity contribution in [3.05, 3.63) is 110 Å². The van der Waals surface area contributed by atoms with Crippen molar-refractivity contribution in [1.82, 2.24) is 0 Å². The van der Waals surface area contributed by atoms with E-state index in [1.807, 2.05) is 0 Å². The number of methoxy groups -OCH3 is 1. The van der Waals surface area contributed by atoms with Crippen LogP contribution in [0.25, 0.3) is 0 Å². The molecule has 3 aliphatic carbocycles. The highest BCUT2D eigenvalue weighted by Gasteiger charge is 2.74. The molecular weight excluding hydrogens is 472 g/mol. The summed E-state index contributed by atoms with van der Waals surface area (Å²) in [7, 11) is 1.19. The van der Waals surface area contributed by atoms with Gasteiger partial charge >= 0.3 is 5.97 Å². The van der Waals surface area contributed by atoms with Crippen LogP contribution in [0.3, 0.4) is 0 Å². The second kappa shape index (κ2) is 7.23. The van der Waals surface area contributed by atoms with Crippen LogP contribution >= 0.6 is 11.6 Å². The van der Waals surface area contributed by atoms with Crippen LogP contribution in [-0.4, -0.2) is 29.8 Å². The quantitative estimate of drug-likeness (QED) is 0.239. The number of hydrogen-bond acceptors (Lipinski definition) is 6. The number of amides is 2. The lowest BCUT2D eigenvalue weighted by molar-refractivity contribution is -0.578. The SMILES string of the molecule is COC(=O)c1cc(N2C(=O)[C@@H]3C4c5ccccc5C([N+](=O)[O-])(c5ccccc54)[C@@H]3C2=O)ccc1Cl. The van der Waals surface area contributed by atoms with E-state index in [9.17, 15) is 24.5 Å². The van der Waals surface area contributed by atoms with Crippen molar-refractivity contribution >= 4 is 35.1 Å². The predicted octanol–water partition coefficient (Wildman–Crippen LogP) is 3.91. The van der Waals surface area contributed by atoms with E-state index in [1.54, 1.807) is 48.5 Å². The number of imide groups is 1. The monoisotopic (exact) mass is 488 g/mol. The predicted molar refractivity (Wildman–Crippen MR) is 125 cm³/mol. The Labute approximate surface area is 204 Å². The highest BCUT2D eigenvalue weighted by molar-refractivity contribution is 6.34. The lowest BCUT2D eigenvalue weighted by atomic mass is 9.51. The largest absolute Gasteiger partial charge is 0.465 e. The smallest absolute Gasteiger partial charge is 0.339 e. The number of hydrogen-bond donors (Lipinski definition) is 0. The molecule has 1 aliphatic heterocycles. The number of nitrogens with zero attached hydrogens (tertiary/aromatic N) is 2. The normalized spacial score (nSPS) is 25.7. The number of carbonyl (C=O) groups is 3. The molecule has 3 aromatic carbocycles. The van der Waals surface area contributed by atoms with Crippen LogP contribution in [-0.2, 0) is 19.9 Å². The zero-order chi connectivity index (χ0) is 24.6. The van der Waals surface area contributed by atoms with E-state index in [0.717, 1.165) is 4.90 Å². The minimum Gasteiger partial charge on any atom is -0.465 e. The van der Waals surface area contributed by atoms with Gasteiger partial charge in [-0.1, -0.05) is 60.1 Å². The first-order chi connectivity index (χ1) is 16.8. The van der Waals surface area contributed by atoms with Gasteiger partial charge in [0.2, 0.25) is 11.8 Å². The molecule has 9 heteroatoms. The molecule has 0 saturated carbocycles. The lowest BCUT2D eigenvalue weighted by Gasteiger charge is -2.48. The molecule has 174 valence electrons. The van der Waals surface area contributed by atoms with E-state index in [2.05, 4.69) is 0 Å². The van der Waals surface area contributed by atoms with Gasteiger partial charge in [0, 0.05) is 22.0 Å². The Hall–Kier alpha value is -4.04. The van der Waals surface area contributed by atoms with E-state index in [-0.39, 0.29) is 16.3 Å². The number of rotatable bonds is 3. The zero-order valence-electron chi connectivity index (χ0n) is 18.3. The fourth-order valence-electron chi connectivity index (χ4n) is 6.22. The molecule has 1 heterocycles. The minimum atomic E-state index is -1.91. The topological polar surface area (TPSA) is 107 Å². The fraction of sp³-hybridized carbons (Fsp3) is 0.192. The van der Waals surface area contributed by atoms with E-state index >= 15 is 0 Å². The molecule has 0 unspecified atom stereocenters. The van der Waals surface area contributed by atoms with Gasteiger partial charge in [-0.25, -0.2) is 9.69 Å². The number of nitro groups is 1. The summed E-state index contributed by atoms with van der Waals surface area (Å²) in [6, 6.07) is 18.1. The molecule has 0 aromatic heterocycles. The lowest BCUT2D eigenvalue weighted by Crippen LogP contribution is -2.57. The molecule has 4 aliphatic rings. The van der Waals surface area contributed by atoms with Gasteiger partial charge in [-0.2, -0.15) is 0 Å². The standard InChI is InChI=1S/C26H17ClN2O6/c1-35-25(32)16-12-13(10-11-19(16)27)28-23(30)21-20-14-6-2-4-8-17(14)26(29(33)34,22(21)24(28)31)18-9-5-3-7-15(18)20/h2-12,20-22H,1H3/t20?,21-,22+,26?/m1/s1. The van der Waals surface area contributed by atoms with Crippen LogP contribution in [0.1, 0.15) is 38.5 Å². The van der Waals surface area contributed by atoms with Crippen LogP contribution in [0, 0.1) is 22.0 Å². The second-order valence-corrected chi connectivity index (χ2v) is 9.25. The molecule has 8 nitrogen and oxygen atoms in total. The number of benzene rings is 3. The Morgan fingerprint density at radius 3 is 2.17 bits per heavy atom. The number of esters is 1. The molecule has 2 atom stereocenters. The van der Waals surface area contributed by atoms with Crippen LogP contribution in [0.15, 0.2) is 66.7 Å². The highest BCUT2D eigenvalue weighted by atomic mass is 35.5. The molecule has 2 bridgehead atoms. The molecule has 35 heavy (non-hydrogen) atoms. The third-order valence-electron chi connectivity index (χ3n) is 7.47. The van der Waals surface area contributed by atoms with Crippen LogP contribution in [0.5, 0.6) is 0 Å². The van der Waals surface area contributed by atoms with Crippen LogP contribution in [0.2, 0.25) is 5.02 Å². The summed E-state index contributed by atoms with van der Waals surface area (Å²) in [5.41, 5.74) is 0.419. The summed E-state index contributed by atoms with van der Waals surface area (Å²) in [6.45, 7) is 0. The van der Waals surface area contributed by atoms with Gasteiger partial charge in [0.25, 0.3) is 5.54 Å². The van der Waals surface area contributed by atoms with E-state index < -0.39 is 46.0 Å². The summed E-state index contributed by atoms with van der Waals surface area (Å²) >= 11 is 6.13. The van der Waals surface area contributed by atoms with Gasteiger partial charge < -0.3 is 4.74 Å². The molecule has 1 saturated heterocycles. The summed E-state index contributed by atoms with van der Waals surface area (Å²) in [5, 5.41) is 13.1. The number of carbonyl (C=O) groups excluding carboxylic acids is 3. The molecular formula is C26H17ClN2O6.